The van der Waals surface area contributed by atoms with Crippen LogP contribution in [0.2, 0.25) is 0 Å². The zero-order chi connectivity index (χ0) is 11.9. The van der Waals surface area contributed by atoms with Gasteiger partial charge in [-0.05, 0) is 41.0 Å². The first-order valence-electron chi connectivity index (χ1n) is 5.42. The van der Waals surface area contributed by atoms with E-state index in [0.29, 0.717) is 13.0 Å². The van der Waals surface area contributed by atoms with E-state index in [1.54, 1.807) is 4.90 Å². The van der Waals surface area contributed by atoms with Gasteiger partial charge < -0.3 is 15.3 Å². The van der Waals surface area contributed by atoms with Crippen LogP contribution >= 0.6 is 0 Å². The van der Waals surface area contributed by atoms with Gasteiger partial charge in [-0.3, -0.25) is 0 Å². The summed E-state index contributed by atoms with van der Waals surface area (Å²) in [5.74, 6) is 0. The summed E-state index contributed by atoms with van der Waals surface area (Å²) in [5.41, 5.74) is -0.698. The standard InChI is InChI=1S/C11H22N2O2/c1-10(2,3)12-9(15)13-7-6-8(14)11(13,4)5/h8,14H,6-7H2,1-5H3,(H,12,15). The molecule has 1 rings (SSSR count). The molecule has 0 aromatic rings. The minimum Gasteiger partial charge on any atom is -0.391 e. The van der Waals surface area contributed by atoms with Gasteiger partial charge in [-0.2, -0.15) is 0 Å². The molecular weight excluding hydrogens is 192 g/mol. The lowest BCUT2D eigenvalue weighted by Crippen LogP contribution is -2.55. The molecule has 1 fully saturated rings. The van der Waals surface area contributed by atoms with Crippen LogP contribution in [-0.2, 0) is 0 Å². The van der Waals surface area contributed by atoms with Crippen LogP contribution in [0.3, 0.4) is 0 Å². The van der Waals surface area contributed by atoms with Crippen LogP contribution in [0.4, 0.5) is 4.79 Å². The van der Waals surface area contributed by atoms with Gasteiger partial charge in [-0.15, -0.1) is 0 Å². The van der Waals surface area contributed by atoms with Gasteiger partial charge in [0.1, 0.15) is 0 Å². The van der Waals surface area contributed by atoms with Crippen LogP contribution in [0.5, 0.6) is 0 Å². The van der Waals surface area contributed by atoms with Crippen molar-refractivity contribution in [2.24, 2.45) is 0 Å². The summed E-state index contributed by atoms with van der Waals surface area (Å²) < 4.78 is 0. The van der Waals surface area contributed by atoms with Gasteiger partial charge in [0.2, 0.25) is 0 Å². The van der Waals surface area contributed by atoms with E-state index in [9.17, 15) is 9.90 Å². The molecule has 1 atom stereocenters. The monoisotopic (exact) mass is 214 g/mol. The van der Waals surface area contributed by atoms with Crippen LogP contribution in [-0.4, -0.2) is 39.8 Å². The molecule has 88 valence electrons. The second kappa shape index (κ2) is 3.67. The van der Waals surface area contributed by atoms with Crippen molar-refractivity contribution < 1.29 is 9.90 Å². The number of amides is 2. The van der Waals surface area contributed by atoms with E-state index in [4.69, 9.17) is 0 Å². The topological polar surface area (TPSA) is 52.6 Å². The second-order valence-corrected chi connectivity index (χ2v) is 5.79. The quantitative estimate of drug-likeness (QED) is 0.639. The van der Waals surface area contributed by atoms with E-state index in [1.165, 1.54) is 0 Å². The molecule has 1 aliphatic heterocycles. The van der Waals surface area contributed by atoms with Gasteiger partial charge in [0.15, 0.2) is 0 Å². The maximum Gasteiger partial charge on any atom is 0.318 e. The first-order valence-corrected chi connectivity index (χ1v) is 5.42. The van der Waals surface area contributed by atoms with Crippen molar-refractivity contribution in [3.05, 3.63) is 0 Å². The number of hydrogen-bond donors (Lipinski definition) is 2. The van der Waals surface area contributed by atoms with Gasteiger partial charge >= 0.3 is 6.03 Å². The number of urea groups is 1. The van der Waals surface area contributed by atoms with Crippen LogP contribution in [0.1, 0.15) is 41.0 Å². The number of aliphatic hydroxyl groups excluding tert-OH is 1. The zero-order valence-corrected chi connectivity index (χ0v) is 10.3. The molecule has 1 saturated heterocycles. The molecular formula is C11H22N2O2. The molecule has 0 bridgehead atoms. The molecule has 0 radical (unpaired) electrons. The normalized spacial score (nSPS) is 25.5. The van der Waals surface area contributed by atoms with Crippen molar-refractivity contribution in [2.45, 2.75) is 58.2 Å². The third-order valence-electron chi connectivity index (χ3n) is 2.86. The average molecular weight is 214 g/mol. The minimum atomic E-state index is -0.463. The molecule has 2 amide bonds. The highest BCUT2D eigenvalue weighted by atomic mass is 16.3. The van der Waals surface area contributed by atoms with Crippen molar-refractivity contribution in [1.82, 2.24) is 10.2 Å². The number of rotatable bonds is 0. The number of nitrogens with zero attached hydrogens (tertiary/aromatic N) is 1. The highest BCUT2D eigenvalue weighted by Crippen LogP contribution is 2.28. The van der Waals surface area contributed by atoms with E-state index in [1.807, 2.05) is 34.6 Å². The molecule has 2 N–H and O–H groups in total. The fraction of sp³-hybridized carbons (Fsp3) is 0.909. The Morgan fingerprint density at radius 2 is 2.00 bits per heavy atom. The van der Waals surface area contributed by atoms with E-state index in [0.717, 1.165) is 0 Å². The molecule has 1 aliphatic rings. The summed E-state index contributed by atoms with van der Waals surface area (Å²) in [6.45, 7) is 10.3. The first kappa shape index (κ1) is 12.3. The summed E-state index contributed by atoms with van der Waals surface area (Å²) >= 11 is 0. The summed E-state index contributed by atoms with van der Waals surface area (Å²) in [5, 5.41) is 12.7. The number of carbonyl (C=O) groups is 1. The summed E-state index contributed by atoms with van der Waals surface area (Å²) in [6.07, 6.45) is 0.230. The van der Waals surface area contributed by atoms with E-state index in [-0.39, 0.29) is 11.6 Å². The Morgan fingerprint density at radius 1 is 1.47 bits per heavy atom. The number of nitrogens with one attached hydrogen (secondary N) is 1. The Kier molecular flexibility index (Phi) is 3.01. The van der Waals surface area contributed by atoms with Gasteiger partial charge in [0, 0.05) is 12.1 Å². The van der Waals surface area contributed by atoms with E-state index < -0.39 is 11.6 Å². The van der Waals surface area contributed by atoms with Crippen LogP contribution in [0, 0.1) is 0 Å². The third kappa shape index (κ3) is 2.62. The molecule has 0 aromatic carbocycles. The number of hydrogen-bond acceptors (Lipinski definition) is 2. The molecule has 0 spiro atoms. The lowest BCUT2D eigenvalue weighted by Gasteiger charge is -2.35. The number of likely N-dealkylation sites (tertiary alicyclic amines) is 1. The molecule has 0 aliphatic carbocycles. The lowest BCUT2D eigenvalue weighted by atomic mass is 9.99. The predicted molar refractivity (Wildman–Crippen MR) is 59.7 cm³/mol. The highest BCUT2D eigenvalue weighted by molar-refractivity contribution is 5.76. The molecule has 4 heteroatoms. The summed E-state index contributed by atoms with van der Waals surface area (Å²) in [4.78, 5) is 13.6. The molecule has 1 unspecified atom stereocenters. The third-order valence-corrected chi connectivity index (χ3v) is 2.86. The Labute approximate surface area is 91.6 Å². The second-order valence-electron chi connectivity index (χ2n) is 5.79. The summed E-state index contributed by atoms with van der Waals surface area (Å²) in [6, 6.07) is -0.0935. The minimum absolute atomic E-state index is 0.0935. The largest absolute Gasteiger partial charge is 0.391 e. The number of carbonyl (C=O) groups excluding carboxylic acids is 1. The van der Waals surface area contributed by atoms with Crippen LogP contribution in [0.15, 0.2) is 0 Å². The SMILES string of the molecule is CC(C)(C)NC(=O)N1CCC(O)C1(C)C. The van der Waals surface area contributed by atoms with Crippen LogP contribution < -0.4 is 5.32 Å². The van der Waals surface area contributed by atoms with Crippen LogP contribution in [0.25, 0.3) is 0 Å². The van der Waals surface area contributed by atoms with Gasteiger partial charge in [0.05, 0.1) is 11.6 Å². The Balaban J connectivity index is 2.70. The fourth-order valence-corrected chi connectivity index (χ4v) is 1.82. The highest BCUT2D eigenvalue weighted by Gasteiger charge is 2.43. The first-order chi connectivity index (χ1) is 6.64. The average Bonchev–Trinajstić information content (AvgIpc) is 2.23. The predicted octanol–water partition coefficient (Wildman–Crippen LogP) is 1.34. The Morgan fingerprint density at radius 3 is 2.33 bits per heavy atom. The maximum absolute atomic E-state index is 11.9. The van der Waals surface area contributed by atoms with Crippen molar-refractivity contribution >= 4 is 6.03 Å². The molecule has 1 heterocycles. The molecule has 15 heavy (non-hydrogen) atoms. The van der Waals surface area contributed by atoms with Crippen molar-refractivity contribution in [1.29, 1.82) is 0 Å². The molecule has 4 nitrogen and oxygen atoms in total. The summed E-state index contributed by atoms with van der Waals surface area (Å²) in [7, 11) is 0. The van der Waals surface area contributed by atoms with Crippen molar-refractivity contribution in [2.75, 3.05) is 6.54 Å². The Hall–Kier alpha value is -0.770. The van der Waals surface area contributed by atoms with E-state index in [2.05, 4.69) is 5.32 Å². The van der Waals surface area contributed by atoms with Gasteiger partial charge in [-0.1, -0.05) is 0 Å². The molecule has 0 aromatic heterocycles. The van der Waals surface area contributed by atoms with Crippen molar-refractivity contribution in [3.8, 4) is 0 Å². The number of aliphatic hydroxyl groups is 1. The zero-order valence-electron chi connectivity index (χ0n) is 10.3. The maximum atomic E-state index is 11.9. The van der Waals surface area contributed by atoms with E-state index >= 15 is 0 Å². The van der Waals surface area contributed by atoms with Gasteiger partial charge in [0.25, 0.3) is 0 Å². The smallest absolute Gasteiger partial charge is 0.318 e. The van der Waals surface area contributed by atoms with Gasteiger partial charge in [-0.25, -0.2) is 4.79 Å². The lowest BCUT2D eigenvalue weighted by molar-refractivity contribution is 0.0679. The molecule has 0 saturated carbocycles. The Bertz CT molecular complexity index is 256. The fourth-order valence-electron chi connectivity index (χ4n) is 1.82. The van der Waals surface area contributed by atoms with Crippen molar-refractivity contribution in [3.63, 3.8) is 0 Å².